The van der Waals surface area contributed by atoms with Crippen molar-refractivity contribution in [2.75, 3.05) is 16.8 Å². The van der Waals surface area contributed by atoms with Gasteiger partial charge in [0.25, 0.3) is 5.69 Å². The van der Waals surface area contributed by atoms with Crippen LogP contribution in [0.25, 0.3) is 0 Å². The molecule has 2 aliphatic carbocycles. The summed E-state index contributed by atoms with van der Waals surface area (Å²) in [6.07, 6.45) is 5.65. The molecule has 0 aromatic heterocycles. The average molecular weight is 494 g/mol. The smallest absolute Gasteiger partial charge is 0.294 e. The Hall–Kier alpha value is -4.26. The zero-order valence-corrected chi connectivity index (χ0v) is 20.2. The van der Waals surface area contributed by atoms with Gasteiger partial charge in [0.1, 0.15) is 5.69 Å². The van der Waals surface area contributed by atoms with Crippen LogP contribution in [0.4, 0.5) is 17.1 Å². The van der Waals surface area contributed by atoms with Crippen LogP contribution in [0.2, 0.25) is 0 Å². The summed E-state index contributed by atoms with van der Waals surface area (Å²) in [4.78, 5) is 39.0. The fraction of sp³-hybridized carbons (Fsp3) is 0.267. The van der Waals surface area contributed by atoms with E-state index in [1.807, 2.05) is 48.6 Å². The average Bonchev–Trinajstić information content (AvgIpc) is 3.61. The van der Waals surface area contributed by atoms with Gasteiger partial charge in [0.05, 0.1) is 22.4 Å². The summed E-state index contributed by atoms with van der Waals surface area (Å²) < 4.78 is 0. The number of nitro benzene ring substituents is 1. The second-order valence-corrected chi connectivity index (χ2v) is 10.1. The molecule has 3 aliphatic rings. The molecular weight excluding hydrogens is 466 g/mol. The molecule has 3 aromatic rings. The molecule has 7 heteroatoms. The van der Waals surface area contributed by atoms with Crippen LogP contribution in [-0.2, 0) is 9.59 Å². The Morgan fingerprint density at radius 2 is 1.43 bits per heavy atom. The van der Waals surface area contributed by atoms with E-state index < -0.39 is 4.92 Å². The number of nitrogens with one attached hydrogen (secondary N) is 1. The third kappa shape index (κ3) is 4.00. The van der Waals surface area contributed by atoms with E-state index in [1.165, 1.54) is 22.1 Å². The van der Waals surface area contributed by atoms with Crippen LogP contribution in [-0.4, -0.2) is 23.3 Å². The maximum atomic E-state index is 13.2. The van der Waals surface area contributed by atoms with Gasteiger partial charge in [-0.3, -0.25) is 19.7 Å². The van der Waals surface area contributed by atoms with E-state index in [1.54, 1.807) is 12.1 Å². The van der Waals surface area contributed by atoms with E-state index in [4.69, 9.17) is 0 Å². The van der Waals surface area contributed by atoms with E-state index in [0.717, 1.165) is 12.8 Å². The lowest BCUT2D eigenvalue weighted by Crippen LogP contribution is -2.32. The molecule has 37 heavy (non-hydrogen) atoms. The molecule has 1 aliphatic heterocycles. The summed E-state index contributed by atoms with van der Waals surface area (Å²) in [6.45, 7) is 0.509. The predicted octanol–water partition coefficient (Wildman–Crippen LogP) is 5.54. The second-order valence-electron chi connectivity index (χ2n) is 10.1. The molecule has 1 saturated heterocycles. The van der Waals surface area contributed by atoms with Gasteiger partial charge >= 0.3 is 0 Å². The number of anilines is 2. The largest absolute Gasteiger partial charge is 0.379 e. The minimum absolute atomic E-state index is 0.0922. The first-order chi connectivity index (χ1) is 18.0. The summed E-state index contributed by atoms with van der Waals surface area (Å²) in [6, 6.07) is 25.0. The molecular formula is C30H27N3O4. The molecule has 3 aromatic carbocycles. The monoisotopic (exact) mass is 493 g/mol. The van der Waals surface area contributed by atoms with E-state index >= 15 is 0 Å². The highest BCUT2D eigenvalue weighted by Crippen LogP contribution is 2.53. The van der Waals surface area contributed by atoms with Crippen molar-refractivity contribution in [3.05, 3.63) is 112 Å². The lowest BCUT2D eigenvalue weighted by molar-refractivity contribution is -0.383. The molecule has 2 amide bonds. The van der Waals surface area contributed by atoms with Crippen LogP contribution >= 0.6 is 0 Å². The van der Waals surface area contributed by atoms with Crippen LogP contribution < -0.4 is 10.2 Å². The Bertz CT molecular complexity index is 1320. The second kappa shape index (κ2) is 9.32. The van der Waals surface area contributed by atoms with Crippen molar-refractivity contribution in [1.82, 2.24) is 0 Å². The molecule has 0 radical (unpaired) electrons. The fourth-order valence-corrected chi connectivity index (χ4v) is 6.36. The number of rotatable bonds is 8. The fourth-order valence-electron chi connectivity index (χ4n) is 6.36. The SMILES string of the molecule is O=C1C2C3C=CC(C3)C2C(=O)N1c1ccc(NCCC(c2ccccc2)c2ccccc2)c([N+](=O)[O-])c1. The first-order valence-electron chi connectivity index (χ1n) is 12.7. The zero-order chi connectivity index (χ0) is 25.5. The topological polar surface area (TPSA) is 92.6 Å². The van der Waals surface area contributed by atoms with Crippen LogP contribution in [0.5, 0.6) is 0 Å². The Balaban J connectivity index is 1.21. The predicted molar refractivity (Wildman–Crippen MR) is 141 cm³/mol. The molecule has 0 spiro atoms. The number of carbonyl (C=O) groups is 2. The van der Waals surface area contributed by atoms with Crippen LogP contribution in [0.3, 0.4) is 0 Å². The highest BCUT2D eigenvalue weighted by atomic mass is 16.6. The van der Waals surface area contributed by atoms with Gasteiger partial charge in [0.2, 0.25) is 11.8 Å². The van der Waals surface area contributed by atoms with Crippen LogP contribution in [0, 0.1) is 33.8 Å². The molecule has 7 nitrogen and oxygen atoms in total. The number of carbonyl (C=O) groups excluding carboxylic acids is 2. The minimum atomic E-state index is -0.463. The highest BCUT2D eigenvalue weighted by Gasteiger charge is 2.59. The van der Waals surface area contributed by atoms with E-state index in [0.29, 0.717) is 12.2 Å². The number of hydrogen-bond donors (Lipinski definition) is 1. The number of fused-ring (bicyclic) bond motifs is 5. The molecule has 2 fully saturated rings. The van der Waals surface area contributed by atoms with Gasteiger partial charge in [0.15, 0.2) is 0 Å². The zero-order valence-electron chi connectivity index (χ0n) is 20.2. The summed E-state index contributed by atoms with van der Waals surface area (Å²) in [5.41, 5.74) is 2.86. The van der Waals surface area contributed by atoms with Crippen molar-refractivity contribution >= 4 is 28.9 Å². The maximum absolute atomic E-state index is 13.2. The van der Waals surface area contributed by atoms with Gasteiger partial charge in [-0.05, 0) is 47.9 Å². The number of hydrogen-bond acceptors (Lipinski definition) is 5. The number of imide groups is 1. The number of benzene rings is 3. The molecule has 1 heterocycles. The van der Waals surface area contributed by atoms with E-state index in [-0.39, 0.29) is 52.8 Å². The van der Waals surface area contributed by atoms with Gasteiger partial charge in [-0.2, -0.15) is 0 Å². The normalized spacial score (nSPS) is 23.6. The van der Waals surface area contributed by atoms with Crippen LogP contribution in [0.1, 0.15) is 29.9 Å². The number of amides is 2. The molecule has 1 N–H and O–H groups in total. The molecule has 6 rings (SSSR count). The quantitative estimate of drug-likeness (QED) is 0.192. The molecule has 4 atom stereocenters. The lowest BCUT2D eigenvalue weighted by Gasteiger charge is -2.20. The number of allylic oxidation sites excluding steroid dienone is 2. The van der Waals surface area contributed by atoms with Crippen LogP contribution in [0.15, 0.2) is 91.0 Å². The highest BCUT2D eigenvalue weighted by molar-refractivity contribution is 6.23. The summed E-state index contributed by atoms with van der Waals surface area (Å²) >= 11 is 0. The maximum Gasteiger partial charge on any atom is 0.294 e. The number of nitro groups is 1. The first kappa shape index (κ1) is 23.2. The van der Waals surface area contributed by atoms with Crippen molar-refractivity contribution < 1.29 is 14.5 Å². The van der Waals surface area contributed by atoms with E-state index in [9.17, 15) is 19.7 Å². The standard InChI is InChI=1S/C30H27N3O4/c34-29-27-21-11-12-22(17-21)28(27)30(35)32(29)23-13-14-25(26(18-23)33(36)37)31-16-15-24(19-7-3-1-4-8-19)20-9-5-2-6-10-20/h1-14,18,21-22,24,27-28,31H,15-17H2. The van der Waals surface area contributed by atoms with Crippen molar-refractivity contribution in [3.8, 4) is 0 Å². The third-order valence-electron chi connectivity index (χ3n) is 8.06. The van der Waals surface area contributed by atoms with Crippen molar-refractivity contribution in [3.63, 3.8) is 0 Å². The van der Waals surface area contributed by atoms with E-state index in [2.05, 4.69) is 29.6 Å². The molecule has 2 bridgehead atoms. The lowest BCUT2D eigenvalue weighted by atomic mass is 9.85. The Labute approximate surface area is 215 Å². The Kier molecular flexibility index (Phi) is 5.83. The van der Waals surface area contributed by atoms with Gasteiger partial charge < -0.3 is 5.32 Å². The van der Waals surface area contributed by atoms with Gasteiger partial charge in [-0.15, -0.1) is 0 Å². The Morgan fingerprint density at radius 1 is 0.865 bits per heavy atom. The molecule has 1 saturated carbocycles. The first-order valence-corrected chi connectivity index (χ1v) is 12.7. The summed E-state index contributed by atoms with van der Waals surface area (Å²) in [5.74, 6) is -0.842. The molecule has 4 unspecified atom stereocenters. The minimum Gasteiger partial charge on any atom is -0.379 e. The summed E-state index contributed by atoms with van der Waals surface area (Å²) in [5, 5.41) is 15.2. The van der Waals surface area contributed by atoms with Gasteiger partial charge in [-0.25, -0.2) is 4.90 Å². The summed E-state index contributed by atoms with van der Waals surface area (Å²) in [7, 11) is 0. The molecule has 186 valence electrons. The van der Waals surface area contributed by atoms with Gasteiger partial charge in [-0.1, -0.05) is 72.8 Å². The van der Waals surface area contributed by atoms with Crippen molar-refractivity contribution in [2.24, 2.45) is 23.7 Å². The van der Waals surface area contributed by atoms with Gasteiger partial charge in [0, 0.05) is 18.5 Å². The van der Waals surface area contributed by atoms with Crippen molar-refractivity contribution in [2.45, 2.75) is 18.8 Å². The van der Waals surface area contributed by atoms with Crippen molar-refractivity contribution in [1.29, 1.82) is 0 Å². The third-order valence-corrected chi connectivity index (χ3v) is 8.06. The Morgan fingerprint density at radius 3 is 1.97 bits per heavy atom. The number of nitrogens with zero attached hydrogens (tertiary/aromatic N) is 2.